The van der Waals surface area contributed by atoms with E-state index in [1.54, 1.807) is 19.9 Å². The van der Waals surface area contributed by atoms with Crippen LogP contribution >= 0.6 is 0 Å². The maximum absolute atomic E-state index is 13.4. The van der Waals surface area contributed by atoms with E-state index in [0.29, 0.717) is 12.0 Å². The van der Waals surface area contributed by atoms with Gasteiger partial charge in [0, 0.05) is 43.8 Å². The molecule has 0 radical (unpaired) electrons. The van der Waals surface area contributed by atoms with Gasteiger partial charge in [-0.3, -0.25) is 14.4 Å². The maximum atomic E-state index is 13.4. The average molecular weight is 579 g/mol. The standard InChI is InChI=1S/C29H42N2O10/c1-14-8-19-25(35)20(13-21(33)27(19)40-7)31-28(36)17(4)11-18(32)12-23(39-6)26(41-29(30)37)16(3)10-15(2)24(34)22(9-14)38-5/h10-11,13-15,18,22-24,26,32,34H,8-9,12H2,1-7H3,(H2,30,37)(H,31,36)/b16-10+,17-11+/t14-,15+,18+,22+,23+,24-,26+/m1/s1. The molecule has 12 nitrogen and oxygen atoms in total. The number of carbonyl (C=O) groups is 4. The van der Waals surface area contributed by atoms with Crippen molar-refractivity contribution in [3.63, 3.8) is 0 Å². The van der Waals surface area contributed by atoms with Crippen LogP contribution in [0.25, 0.3) is 0 Å². The molecule has 2 amide bonds. The highest BCUT2D eigenvalue weighted by Gasteiger charge is 2.34. The second-order valence-corrected chi connectivity index (χ2v) is 10.6. The molecule has 41 heavy (non-hydrogen) atoms. The number of rotatable bonds is 4. The Balaban J connectivity index is 2.60. The highest BCUT2D eigenvalue weighted by molar-refractivity contribution is 6.23. The topological polar surface area (TPSA) is 184 Å². The first-order valence-electron chi connectivity index (χ1n) is 13.4. The van der Waals surface area contributed by atoms with Crippen molar-refractivity contribution in [3.05, 3.63) is 46.4 Å². The van der Waals surface area contributed by atoms with Crippen molar-refractivity contribution in [2.24, 2.45) is 17.6 Å². The van der Waals surface area contributed by atoms with E-state index in [-0.39, 0.29) is 41.4 Å². The van der Waals surface area contributed by atoms with Crippen LogP contribution in [0.15, 0.2) is 46.4 Å². The molecule has 0 aromatic rings. The fraction of sp³-hybridized carbons (Fsp3) is 0.586. The first-order valence-corrected chi connectivity index (χ1v) is 13.4. The summed E-state index contributed by atoms with van der Waals surface area (Å²) < 4.78 is 21.7. The van der Waals surface area contributed by atoms with Gasteiger partial charge in [-0.05, 0) is 44.3 Å². The second kappa shape index (κ2) is 15.1. The summed E-state index contributed by atoms with van der Waals surface area (Å²) in [5, 5.41) is 24.4. The van der Waals surface area contributed by atoms with Crippen molar-refractivity contribution < 1.29 is 48.3 Å². The van der Waals surface area contributed by atoms with E-state index in [4.69, 9.17) is 24.7 Å². The molecule has 0 fully saturated rings. The molecule has 0 spiro atoms. The quantitative estimate of drug-likeness (QED) is 0.282. The van der Waals surface area contributed by atoms with Gasteiger partial charge in [-0.1, -0.05) is 19.9 Å². The Bertz CT molecular complexity index is 1140. The molecule has 2 aliphatic rings. The zero-order valence-corrected chi connectivity index (χ0v) is 24.6. The van der Waals surface area contributed by atoms with Crippen LogP contribution in [0.1, 0.15) is 47.0 Å². The lowest BCUT2D eigenvalue weighted by Crippen LogP contribution is -2.39. The molecule has 1 heterocycles. The fourth-order valence-electron chi connectivity index (χ4n) is 5.15. The smallest absolute Gasteiger partial charge is 0.405 e. The highest BCUT2D eigenvalue weighted by atomic mass is 16.6. The summed E-state index contributed by atoms with van der Waals surface area (Å²) in [7, 11) is 4.12. The summed E-state index contributed by atoms with van der Waals surface area (Å²) in [6.07, 6.45) is -1.49. The summed E-state index contributed by atoms with van der Waals surface area (Å²) >= 11 is 0. The van der Waals surface area contributed by atoms with Crippen molar-refractivity contribution >= 4 is 23.6 Å². The van der Waals surface area contributed by atoms with Crippen molar-refractivity contribution in [3.8, 4) is 0 Å². The molecular formula is C29H42N2O10. The molecule has 1 aliphatic carbocycles. The molecular weight excluding hydrogens is 536 g/mol. The van der Waals surface area contributed by atoms with Gasteiger partial charge < -0.3 is 40.2 Å². The van der Waals surface area contributed by atoms with Crippen molar-refractivity contribution in [1.29, 1.82) is 0 Å². The van der Waals surface area contributed by atoms with Crippen LogP contribution in [0.5, 0.6) is 0 Å². The molecule has 0 saturated heterocycles. The van der Waals surface area contributed by atoms with Crippen LogP contribution in [0.2, 0.25) is 0 Å². The molecule has 1 aliphatic heterocycles. The average Bonchev–Trinajstić information content (AvgIpc) is 2.90. The second-order valence-electron chi connectivity index (χ2n) is 10.6. The van der Waals surface area contributed by atoms with Gasteiger partial charge in [0.15, 0.2) is 11.9 Å². The number of hydrogen-bond acceptors (Lipinski definition) is 10. The van der Waals surface area contributed by atoms with E-state index < -0.39 is 60.0 Å². The third-order valence-corrected chi connectivity index (χ3v) is 7.29. The number of aliphatic hydroxyl groups is 2. The SMILES string of the molecule is COC1=C2C[C@@H](C)C[C@H](OC)[C@H](O)[C@@H](C)/C=C(\C)[C@H](OC(N)=O)[C@@H](OC)C[C@@H](O)/C=C(\C)C(=O)NC(=CC1=O)C2=O. The third-order valence-electron chi connectivity index (χ3n) is 7.29. The van der Waals surface area contributed by atoms with Gasteiger partial charge in [-0.2, -0.15) is 0 Å². The molecule has 0 saturated carbocycles. The Morgan fingerprint density at radius 2 is 1.63 bits per heavy atom. The predicted molar refractivity (Wildman–Crippen MR) is 148 cm³/mol. The van der Waals surface area contributed by atoms with Crippen LogP contribution in [0.3, 0.4) is 0 Å². The number of primary amides is 1. The van der Waals surface area contributed by atoms with Gasteiger partial charge in [0.1, 0.15) is 6.10 Å². The number of ketones is 2. The number of fused-ring (bicyclic) bond motifs is 2. The Morgan fingerprint density at radius 1 is 1.00 bits per heavy atom. The molecule has 228 valence electrons. The summed E-state index contributed by atoms with van der Waals surface area (Å²) in [6.45, 7) is 6.73. The first-order chi connectivity index (χ1) is 19.2. The number of aliphatic hydroxyl groups excluding tert-OH is 2. The lowest BCUT2D eigenvalue weighted by atomic mass is 9.85. The van der Waals surface area contributed by atoms with Crippen LogP contribution in [0, 0.1) is 11.8 Å². The van der Waals surface area contributed by atoms with E-state index in [1.165, 1.54) is 34.3 Å². The normalized spacial score (nSPS) is 33.6. The third kappa shape index (κ3) is 8.83. The minimum Gasteiger partial charge on any atom is -0.492 e. The zero-order valence-electron chi connectivity index (χ0n) is 24.6. The number of Topliss-reactive ketones (excluding diaryl/α,β-unsaturated/α-hetero) is 1. The minimum absolute atomic E-state index is 0.0715. The summed E-state index contributed by atoms with van der Waals surface area (Å²) in [5.41, 5.74) is 5.79. The molecule has 12 heteroatoms. The van der Waals surface area contributed by atoms with Crippen LogP contribution in [-0.4, -0.2) is 85.6 Å². The van der Waals surface area contributed by atoms with Crippen LogP contribution < -0.4 is 11.1 Å². The van der Waals surface area contributed by atoms with Crippen molar-refractivity contribution in [2.45, 2.75) is 77.5 Å². The number of nitrogens with one attached hydrogen (secondary N) is 1. The van der Waals surface area contributed by atoms with Gasteiger partial charge in [0.25, 0.3) is 5.91 Å². The van der Waals surface area contributed by atoms with E-state index >= 15 is 0 Å². The largest absolute Gasteiger partial charge is 0.492 e. The van der Waals surface area contributed by atoms with Crippen LogP contribution in [0.4, 0.5) is 4.79 Å². The number of nitrogens with two attached hydrogens (primary N) is 1. The molecule has 0 unspecified atom stereocenters. The summed E-state index contributed by atoms with van der Waals surface area (Å²) in [4.78, 5) is 50.8. The number of allylic oxidation sites excluding steroid dienone is 2. The van der Waals surface area contributed by atoms with Crippen molar-refractivity contribution in [1.82, 2.24) is 5.32 Å². The van der Waals surface area contributed by atoms with Crippen molar-refractivity contribution in [2.75, 3.05) is 21.3 Å². The molecule has 5 N–H and O–H groups in total. The summed E-state index contributed by atoms with van der Waals surface area (Å²) in [6, 6.07) is 0. The number of ether oxygens (including phenoxy) is 4. The molecule has 2 bridgehead atoms. The molecule has 0 aromatic carbocycles. The highest BCUT2D eigenvalue weighted by Crippen LogP contribution is 2.29. The zero-order chi connectivity index (χ0) is 31.0. The first kappa shape index (κ1) is 33.9. The van der Waals surface area contributed by atoms with Gasteiger partial charge >= 0.3 is 6.09 Å². The van der Waals surface area contributed by atoms with Gasteiger partial charge in [-0.25, -0.2) is 4.79 Å². The van der Waals surface area contributed by atoms with Gasteiger partial charge in [0.2, 0.25) is 11.6 Å². The minimum atomic E-state index is -1.23. The molecule has 7 atom stereocenters. The van der Waals surface area contributed by atoms with E-state index in [0.717, 1.165) is 6.08 Å². The Labute approximate surface area is 240 Å². The lowest BCUT2D eigenvalue weighted by molar-refractivity contribution is -0.121. The number of amides is 2. The van der Waals surface area contributed by atoms with E-state index in [2.05, 4.69) is 5.32 Å². The van der Waals surface area contributed by atoms with Crippen LogP contribution in [-0.2, 0) is 33.3 Å². The summed E-state index contributed by atoms with van der Waals surface area (Å²) in [5.74, 6) is -2.68. The maximum Gasteiger partial charge on any atom is 0.405 e. The Morgan fingerprint density at radius 3 is 2.20 bits per heavy atom. The predicted octanol–water partition coefficient (Wildman–Crippen LogP) is 1.60. The van der Waals surface area contributed by atoms with Gasteiger partial charge in [-0.15, -0.1) is 0 Å². The molecule has 2 rings (SSSR count). The monoisotopic (exact) mass is 578 g/mol. The Hall–Kier alpha value is -3.32. The number of carbonyl (C=O) groups excluding carboxylic acids is 4. The fourth-order valence-corrected chi connectivity index (χ4v) is 5.15. The molecule has 0 aromatic heterocycles. The lowest BCUT2D eigenvalue weighted by Gasteiger charge is -2.30. The number of methoxy groups -OCH3 is 3. The van der Waals surface area contributed by atoms with E-state index in [1.807, 2.05) is 6.92 Å². The Kier molecular flexibility index (Phi) is 12.4. The van der Waals surface area contributed by atoms with Gasteiger partial charge in [0.05, 0.1) is 31.1 Å². The number of hydrogen-bond donors (Lipinski definition) is 4. The van der Waals surface area contributed by atoms with E-state index in [9.17, 15) is 29.4 Å².